The van der Waals surface area contributed by atoms with E-state index in [1.165, 1.54) is 5.56 Å². The van der Waals surface area contributed by atoms with Crippen LogP contribution in [0.4, 0.5) is 0 Å². The molecular formula is C14H21N3O2S. The van der Waals surface area contributed by atoms with Crippen LogP contribution < -0.4 is 0 Å². The van der Waals surface area contributed by atoms with Crippen LogP contribution in [0.15, 0.2) is 36.7 Å². The van der Waals surface area contributed by atoms with Crippen LogP contribution in [0, 0.1) is 0 Å². The summed E-state index contributed by atoms with van der Waals surface area (Å²) in [6.07, 6.45) is 3.56. The highest BCUT2D eigenvalue weighted by Gasteiger charge is 2.26. The molecule has 1 saturated heterocycles. The molecule has 0 spiro atoms. The SMILES string of the molecule is C=C(C)CS(=O)(=O)N1CCN(Cc2ccncc2)CC1. The second kappa shape index (κ2) is 6.47. The Bertz CT molecular complexity index is 549. The van der Waals surface area contributed by atoms with Gasteiger partial charge in [-0.15, -0.1) is 0 Å². The monoisotopic (exact) mass is 295 g/mol. The van der Waals surface area contributed by atoms with E-state index in [1.807, 2.05) is 12.1 Å². The number of sulfonamides is 1. The van der Waals surface area contributed by atoms with Crippen molar-refractivity contribution in [2.45, 2.75) is 13.5 Å². The van der Waals surface area contributed by atoms with Crippen molar-refractivity contribution in [2.75, 3.05) is 31.9 Å². The third-order valence-corrected chi connectivity index (χ3v) is 5.32. The Balaban J connectivity index is 1.88. The summed E-state index contributed by atoms with van der Waals surface area (Å²) in [4.78, 5) is 6.26. The molecule has 0 N–H and O–H groups in total. The minimum Gasteiger partial charge on any atom is -0.296 e. The average molecular weight is 295 g/mol. The average Bonchev–Trinajstić information content (AvgIpc) is 2.39. The summed E-state index contributed by atoms with van der Waals surface area (Å²) >= 11 is 0. The van der Waals surface area contributed by atoms with Crippen LogP contribution in [-0.2, 0) is 16.6 Å². The number of hydrogen-bond donors (Lipinski definition) is 0. The summed E-state index contributed by atoms with van der Waals surface area (Å²) in [6, 6.07) is 3.98. The molecule has 2 heterocycles. The molecular weight excluding hydrogens is 274 g/mol. The van der Waals surface area contributed by atoms with Gasteiger partial charge in [0.05, 0.1) is 5.75 Å². The van der Waals surface area contributed by atoms with Gasteiger partial charge in [0, 0.05) is 45.1 Å². The van der Waals surface area contributed by atoms with Gasteiger partial charge in [-0.05, 0) is 24.6 Å². The molecule has 1 aliphatic heterocycles. The van der Waals surface area contributed by atoms with E-state index < -0.39 is 10.0 Å². The maximum Gasteiger partial charge on any atom is 0.218 e. The van der Waals surface area contributed by atoms with Crippen molar-refractivity contribution in [1.82, 2.24) is 14.2 Å². The molecule has 0 aromatic carbocycles. The number of pyridine rings is 1. The quantitative estimate of drug-likeness (QED) is 0.764. The second-order valence-electron chi connectivity index (χ2n) is 5.24. The van der Waals surface area contributed by atoms with Crippen LogP contribution in [0.1, 0.15) is 12.5 Å². The lowest BCUT2D eigenvalue weighted by molar-refractivity contribution is 0.182. The highest BCUT2D eigenvalue weighted by Crippen LogP contribution is 2.12. The normalized spacial score (nSPS) is 18.1. The molecule has 1 aliphatic rings. The van der Waals surface area contributed by atoms with E-state index in [-0.39, 0.29) is 5.75 Å². The van der Waals surface area contributed by atoms with Crippen molar-refractivity contribution in [3.8, 4) is 0 Å². The first-order valence-electron chi connectivity index (χ1n) is 6.71. The van der Waals surface area contributed by atoms with Crippen LogP contribution >= 0.6 is 0 Å². The van der Waals surface area contributed by atoms with Crippen molar-refractivity contribution < 1.29 is 8.42 Å². The van der Waals surface area contributed by atoms with Crippen LogP contribution in [0.3, 0.4) is 0 Å². The van der Waals surface area contributed by atoms with E-state index in [9.17, 15) is 8.42 Å². The molecule has 0 radical (unpaired) electrons. The molecule has 2 rings (SSSR count). The number of nitrogens with zero attached hydrogens (tertiary/aromatic N) is 3. The van der Waals surface area contributed by atoms with Gasteiger partial charge in [0.2, 0.25) is 10.0 Å². The van der Waals surface area contributed by atoms with Gasteiger partial charge >= 0.3 is 0 Å². The van der Waals surface area contributed by atoms with Gasteiger partial charge in [-0.25, -0.2) is 8.42 Å². The van der Waals surface area contributed by atoms with E-state index >= 15 is 0 Å². The molecule has 0 aliphatic carbocycles. The Hall–Kier alpha value is -1.24. The van der Waals surface area contributed by atoms with Crippen molar-refractivity contribution >= 4 is 10.0 Å². The highest BCUT2D eigenvalue weighted by atomic mass is 32.2. The minimum atomic E-state index is -3.18. The summed E-state index contributed by atoms with van der Waals surface area (Å²) < 4.78 is 25.8. The summed E-state index contributed by atoms with van der Waals surface area (Å²) in [7, 11) is -3.18. The van der Waals surface area contributed by atoms with E-state index in [4.69, 9.17) is 0 Å². The molecule has 0 saturated carbocycles. The molecule has 0 unspecified atom stereocenters. The lowest BCUT2D eigenvalue weighted by atomic mass is 10.2. The molecule has 0 atom stereocenters. The molecule has 6 heteroatoms. The van der Waals surface area contributed by atoms with Gasteiger partial charge < -0.3 is 0 Å². The molecule has 1 aromatic heterocycles. The van der Waals surface area contributed by atoms with Crippen molar-refractivity contribution in [1.29, 1.82) is 0 Å². The summed E-state index contributed by atoms with van der Waals surface area (Å²) in [6.45, 7) is 8.91. The van der Waals surface area contributed by atoms with E-state index in [0.29, 0.717) is 18.7 Å². The highest BCUT2D eigenvalue weighted by molar-refractivity contribution is 7.89. The van der Waals surface area contributed by atoms with Crippen molar-refractivity contribution in [3.63, 3.8) is 0 Å². The summed E-state index contributed by atoms with van der Waals surface area (Å²) in [5.41, 5.74) is 1.89. The standard InChI is InChI=1S/C14H21N3O2S/c1-13(2)12-20(18,19)17-9-7-16(8-10-17)11-14-3-5-15-6-4-14/h3-6H,1,7-12H2,2H3. The van der Waals surface area contributed by atoms with Gasteiger partial charge in [-0.3, -0.25) is 9.88 Å². The Morgan fingerprint density at radius 1 is 1.25 bits per heavy atom. The van der Waals surface area contributed by atoms with Crippen LogP contribution in [0.25, 0.3) is 0 Å². The number of aromatic nitrogens is 1. The van der Waals surface area contributed by atoms with Crippen molar-refractivity contribution in [2.24, 2.45) is 0 Å². The predicted molar refractivity (Wildman–Crippen MR) is 79.7 cm³/mol. The molecule has 0 amide bonds. The molecule has 5 nitrogen and oxygen atoms in total. The minimum absolute atomic E-state index is 0.0529. The smallest absolute Gasteiger partial charge is 0.218 e. The lowest BCUT2D eigenvalue weighted by Crippen LogP contribution is -2.48. The zero-order valence-corrected chi connectivity index (χ0v) is 12.6. The van der Waals surface area contributed by atoms with Gasteiger partial charge in [0.25, 0.3) is 0 Å². The third-order valence-electron chi connectivity index (χ3n) is 3.31. The van der Waals surface area contributed by atoms with Gasteiger partial charge in [0.1, 0.15) is 0 Å². The third kappa shape index (κ3) is 4.13. The maximum atomic E-state index is 12.1. The molecule has 0 bridgehead atoms. The summed E-state index contributed by atoms with van der Waals surface area (Å²) in [5, 5.41) is 0. The fourth-order valence-corrected chi connectivity index (χ4v) is 3.84. The van der Waals surface area contributed by atoms with Crippen LogP contribution in [0.5, 0.6) is 0 Å². The maximum absolute atomic E-state index is 12.1. The van der Waals surface area contributed by atoms with E-state index in [0.717, 1.165) is 19.6 Å². The number of hydrogen-bond acceptors (Lipinski definition) is 4. The Labute approximate surface area is 121 Å². The topological polar surface area (TPSA) is 53.5 Å². The van der Waals surface area contributed by atoms with Crippen molar-refractivity contribution in [3.05, 3.63) is 42.2 Å². The fourth-order valence-electron chi connectivity index (χ4n) is 2.31. The van der Waals surface area contributed by atoms with E-state index in [2.05, 4.69) is 16.5 Å². The first-order chi connectivity index (χ1) is 9.47. The predicted octanol–water partition coefficient (Wildman–Crippen LogP) is 1.11. The van der Waals surface area contributed by atoms with Gasteiger partial charge in [-0.1, -0.05) is 12.2 Å². The number of rotatable bonds is 5. The van der Waals surface area contributed by atoms with Gasteiger partial charge in [-0.2, -0.15) is 4.31 Å². The Kier molecular flexibility index (Phi) is 4.91. The first-order valence-corrected chi connectivity index (χ1v) is 8.32. The zero-order valence-electron chi connectivity index (χ0n) is 11.8. The molecule has 110 valence electrons. The zero-order chi connectivity index (χ0) is 14.6. The van der Waals surface area contributed by atoms with E-state index in [1.54, 1.807) is 23.6 Å². The largest absolute Gasteiger partial charge is 0.296 e. The molecule has 1 fully saturated rings. The number of piperazine rings is 1. The lowest BCUT2D eigenvalue weighted by Gasteiger charge is -2.34. The Morgan fingerprint density at radius 2 is 1.85 bits per heavy atom. The summed E-state index contributed by atoms with van der Waals surface area (Å²) in [5.74, 6) is 0.0529. The first kappa shape index (κ1) is 15.2. The molecule has 1 aromatic rings. The molecule has 20 heavy (non-hydrogen) atoms. The van der Waals surface area contributed by atoms with Crippen LogP contribution in [0.2, 0.25) is 0 Å². The van der Waals surface area contributed by atoms with Gasteiger partial charge in [0.15, 0.2) is 0 Å². The van der Waals surface area contributed by atoms with Crippen LogP contribution in [-0.4, -0.2) is 54.5 Å². The fraction of sp³-hybridized carbons (Fsp3) is 0.500. The Morgan fingerprint density at radius 3 is 2.40 bits per heavy atom. The second-order valence-corrected chi connectivity index (χ2v) is 7.21.